The Morgan fingerprint density at radius 1 is 1.30 bits per heavy atom. The van der Waals surface area contributed by atoms with E-state index in [4.69, 9.17) is 0 Å². The van der Waals surface area contributed by atoms with E-state index in [-0.39, 0.29) is 11.8 Å². The van der Waals surface area contributed by atoms with Crippen LogP contribution in [0, 0.1) is 6.92 Å². The fraction of sp³-hybridized carbons (Fsp3) is 0.467. The normalized spacial score (nSPS) is 15.3. The zero-order valence-electron chi connectivity index (χ0n) is 12.1. The maximum absolute atomic E-state index is 12.2. The molecule has 2 amide bonds. The summed E-state index contributed by atoms with van der Waals surface area (Å²) in [5, 5.41) is 8.61. The summed E-state index contributed by atoms with van der Waals surface area (Å²) in [6, 6.07) is 5.32. The predicted molar refractivity (Wildman–Crippen MR) is 78.8 cm³/mol. The molecule has 0 heterocycles. The van der Waals surface area contributed by atoms with E-state index in [9.17, 15) is 9.59 Å². The highest BCUT2D eigenvalue weighted by Gasteiger charge is 2.26. The second-order valence-electron chi connectivity index (χ2n) is 5.28. The van der Waals surface area contributed by atoms with Crippen molar-refractivity contribution in [1.29, 1.82) is 0 Å². The Kier molecular flexibility index (Phi) is 4.27. The minimum Gasteiger partial charge on any atom is -0.387 e. The molecule has 0 bridgehead atoms. The zero-order valence-corrected chi connectivity index (χ0v) is 12.1. The summed E-state index contributed by atoms with van der Waals surface area (Å²) < 4.78 is 0. The molecule has 2 rings (SSSR count). The number of carbonyl (C=O) groups is 2. The summed E-state index contributed by atoms with van der Waals surface area (Å²) in [4.78, 5) is 24.0. The van der Waals surface area contributed by atoms with Gasteiger partial charge in [-0.3, -0.25) is 9.59 Å². The number of amides is 2. The van der Waals surface area contributed by atoms with Gasteiger partial charge in [0.1, 0.15) is 6.04 Å². The van der Waals surface area contributed by atoms with Crippen molar-refractivity contribution in [3.63, 3.8) is 0 Å². The third kappa shape index (κ3) is 3.50. The highest BCUT2D eigenvalue weighted by atomic mass is 16.2. The van der Waals surface area contributed by atoms with Crippen LogP contribution in [0.25, 0.3) is 0 Å². The molecular weight excluding hydrogens is 254 g/mol. The minimum atomic E-state index is -0.533. The molecule has 1 fully saturated rings. The van der Waals surface area contributed by atoms with Crippen LogP contribution in [0.4, 0.5) is 5.69 Å². The van der Waals surface area contributed by atoms with E-state index in [1.54, 1.807) is 20.0 Å². The number of hydrogen-bond donors (Lipinski definition) is 3. The van der Waals surface area contributed by atoms with Gasteiger partial charge in [-0.2, -0.15) is 0 Å². The van der Waals surface area contributed by atoms with Crippen molar-refractivity contribution in [2.45, 2.75) is 38.8 Å². The predicted octanol–water partition coefficient (Wildman–Crippen LogP) is 1.43. The first-order valence-electron chi connectivity index (χ1n) is 6.91. The van der Waals surface area contributed by atoms with Crippen molar-refractivity contribution in [2.75, 3.05) is 12.4 Å². The van der Waals surface area contributed by atoms with Crippen LogP contribution in [-0.2, 0) is 4.79 Å². The van der Waals surface area contributed by atoms with Crippen molar-refractivity contribution in [1.82, 2.24) is 10.6 Å². The molecule has 3 N–H and O–H groups in total. The average molecular weight is 275 g/mol. The Bertz CT molecular complexity index is 524. The fourth-order valence-corrected chi connectivity index (χ4v) is 1.96. The number of aryl methyl sites for hydroxylation is 1. The van der Waals surface area contributed by atoms with E-state index in [1.165, 1.54) is 0 Å². The molecule has 1 aliphatic rings. The van der Waals surface area contributed by atoms with Crippen molar-refractivity contribution < 1.29 is 9.59 Å². The van der Waals surface area contributed by atoms with Crippen LogP contribution in [0.1, 0.15) is 35.7 Å². The molecular formula is C15H21N3O2. The Morgan fingerprint density at radius 2 is 2.00 bits per heavy atom. The van der Waals surface area contributed by atoms with Crippen LogP contribution in [-0.4, -0.2) is 30.9 Å². The molecule has 5 heteroatoms. The van der Waals surface area contributed by atoms with Crippen LogP contribution in [0.3, 0.4) is 0 Å². The molecule has 0 spiro atoms. The highest BCUT2D eigenvalue weighted by Crippen LogP contribution is 2.19. The lowest BCUT2D eigenvalue weighted by molar-refractivity contribution is -0.122. The van der Waals surface area contributed by atoms with Crippen LogP contribution in [0.2, 0.25) is 0 Å². The van der Waals surface area contributed by atoms with Crippen molar-refractivity contribution in [3.05, 3.63) is 29.3 Å². The van der Waals surface area contributed by atoms with Crippen LogP contribution < -0.4 is 16.0 Å². The molecule has 108 valence electrons. The van der Waals surface area contributed by atoms with Gasteiger partial charge in [0.25, 0.3) is 5.91 Å². The van der Waals surface area contributed by atoms with Gasteiger partial charge in [-0.05, 0) is 44.4 Å². The molecule has 1 unspecified atom stereocenters. The lowest BCUT2D eigenvalue weighted by Crippen LogP contribution is -2.45. The van der Waals surface area contributed by atoms with Crippen molar-refractivity contribution >= 4 is 17.5 Å². The SMILES string of the molecule is CNc1cc(C)ccc1C(=O)NC(C)C(=O)NC1CC1. The maximum atomic E-state index is 12.2. The monoisotopic (exact) mass is 275 g/mol. The summed E-state index contributed by atoms with van der Waals surface area (Å²) in [7, 11) is 1.77. The van der Waals surface area contributed by atoms with E-state index in [0.29, 0.717) is 11.6 Å². The van der Waals surface area contributed by atoms with Crippen LogP contribution in [0.15, 0.2) is 18.2 Å². The summed E-state index contributed by atoms with van der Waals surface area (Å²) in [6.07, 6.45) is 2.07. The molecule has 1 saturated carbocycles. The summed E-state index contributed by atoms with van der Waals surface area (Å²) in [5.74, 6) is -0.369. The van der Waals surface area contributed by atoms with Gasteiger partial charge in [0, 0.05) is 18.8 Å². The van der Waals surface area contributed by atoms with Gasteiger partial charge < -0.3 is 16.0 Å². The molecule has 20 heavy (non-hydrogen) atoms. The van der Waals surface area contributed by atoms with Gasteiger partial charge in [0.05, 0.1) is 5.56 Å². The van der Waals surface area contributed by atoms with Crippen molar-refractivity contribution in [3.8, 4) is 0 Å². The van der Waals surface area contributed by atoms with Gasteiger partial charge >= 0.3 is 0 Å². The molecule has 0 aliphatic heterocycles. The topological polar surface area (TPSA) is 70.2 Å². The molecule has 1 atom stereocenters. The quantitative estimate of drug-likeness (QED) is 0.761. The van der Waals surface area contributed by atoms with E-state index >= 15 is 0 Å². The highest BCUT2D eigenvalue weighted by molar-refractivity contribution is 6.01. The molecule has 0 aromatic heterocycles. The summed E-state index contributed by atoms with van der Waals surface area (Å²) in [6.45, 7) is 3.66. The van der Waals surface area contributed by atoms with Gasteiger partial charge in [-0.15, -0.1) is 0 Å². The zero-order chi connectivity index (χ0) is 14.7. The van der Waals surface area contributed by atoms with Gasteiger partial charge in [-0.1, -0.05) is 6.07 Å². The minimum absolute atomic E-state index is 0.126. The van der Waals surface area contributed by atoms with Crippen molar-refractivity contribution in [2.24, 2.45) is 0 Å². The lowest BCUT2D eigenvalue weighted by atomic mass is 10.1. The number of nitrogens with one attached hydrogen (secondary N) is 3. The third-order valence-corrected chi connectivity index (χ3v) is 3.35. The van der Waals surface area contributed by atoms with E-state index in [1.807, 2.05) is 19.1 Å². The van der Waals surface area contributed by atoms with E-state index < -0.39 is 6.04 Å². The Hall–Kier alpha value is -2.04. The lowest BCUT2D eigenvalue weighted by Gasteiger charge is -2.15. The molecule has 5 nitrogen and oxygen atoms in total. The smallest absolute Gasteiger partial charge is 0.254 e. The first-order chi connectivity index (χ1) is 9.51. The second-order valence-corrected chi connectivity index (χ2v) is 5.28. The van der Waals surface area contributed by atoms with Gasteiger partial charge in [0.15, 0.2) is 0 Å². The second kappa shape index (κ2) is 5.94. The van der Waals surface area contributed by atoms with E-state index in [0.717, 1.165) is 24.1 Å². The Balaban J connectivity index is 2.01. The summed E-state index contributed by atoms with van der Waals surface area (Å²) in [5.41, 5.74) is 2.38. The van der Waals surface area contributed by atoms with Crippen LogP contribution in [0.5, 0.6) is 0 Å². The molecule has 1 aromatic carbocycles. The summed E-state index contributed by atoms with van der Waals surface area (Å²) >= 11 is 0. The molecule has 0 saturated heterocycles. The molecule has 1 aromatic rings. The standard InChI is InChI=1S/C15H21N3O2/c1-9-4-7-12(13(8-9)16-3)15(20)17-10(2)14(19)18-11-5-6-11/h4,7-8,10-11,16H,5-6H2,1-3H3,(H,17,20)(H,18,19). The number of hydrogen-bond acceptors (Lipinski definition) is 3. The Labute approximate surface area is 119 Å². The number of carbonyl (C=O) groups excluding carboxylic acids is 2. The number of benzene rings is 1. The van der Waals surface area contributed by atoms with Gasteiger partial charge in [-0.25, -0.2) is 0 Å². The maximum Gasteiger partial charge on any atom is 0.254 e. The molecule has 1 aliphatic carbocycles. The fourth-order valence-electron chi connectivity index (χ4n) is 1.96. The first kappa shape index (κ1) is 14.4. The third-order valence-electron chi connectivity index (χ3n) is 3.35. The molecule has 0 radical (unpaired) electrons. The Morgan fingerprint density at radius 3 is 2.60 bits per heavy atom. The van der Waals surface area contributed by atoms with Crippen LogP contribution >= 0.6 is 0 Å². The number of anilines is 1. The average Bonchev–Trinajstić information content (AvgIpc) is 3.22. The number of rotatable bonds is 5. The van der Waals surface area contributed by atoms with E-state index in [2.05, 4.69) is 16.0 Å². The van der Waals surface area contributed by atoms with Gasteiger partial charge in [0.2, 0.25) is 5.91 Å². The largest absolute Gasteiger partial charge is 0.387 e. The first-order valence-corrected chi connectivity index (χ1v) is 6.91.